The van der Waals surface area contributed by atoms with Gasteiger partial charge in [0.1, 0.15) is 12.1 Å². The standard InChI is InChI=1S/C22H12N2O4S2/c23-11-13-9-19(29-17-7-3-1-5-15(17)21(25)26)20(10-14(13)12-24)30-18-8-4-2-6-16(18)22(27)28/h1-10H,(H,25,26)(H,27,28). The fraction of sp³-hybridized carbons (Fsp3) is 0. The second-order valence-electron chi connectivity index (χ2n) is 5.87. The van der Waals surface area contributed by atoms with Crippen LogP contribution in [-0.4, -0.2) is 22.2 Å². The molecule has 0 amide bonds. The van der Waals surface area contributed by atoms with Crippen molar-refractivity contribution < 1.29 is 19.8 Å². The number of nitriles is 2. The molecule has 0 saturated carbocycles. The lowest BCUT2D eigenvalue weighted by Crippen LogP contribution is -1.99. The van der Waals surface area contributed by atoms with Crippen LogP contribution in [0.2, 0.25) is 0 Å². The number of carboxylic acids is 2. The number of benzene rings is 3. The molecule has 0 heterocycles. The third kappa shape index (κ3) is 4.47. The molecule has 0 spiro atoms. The van der Waals surface area contributed by atoms with E-state index in [1.165, 1.54) is 24.3 Å². The largest absolute Gasteiger partial charge is 0.478 e. The van der Waals surface area contributed by atoms with Gasteiger partial charge in [-0.2, -0.15) is 10.5 Å². The molecular formula is C22H12N2O4S2. The molecule has 146 valence electrons. The van der Waals surface area contributed by atoms with Crippen molar-refractivity contribution in [2.45, 2.75) is 19.6 Å². The minimum atomic E-state index is -1.09. The predicted octanol–water partition coefficient (Wildman–Crippen LogP) is 5.13. The highest BCUT2D eigenvalue weighted by atomic mass is 32.2. The first-order valence-corrected chi connectivity index (χ1v) is 10.1. The number of hydrogen-bond donors (Lipinski definition) is 2. The zero-order chi connectivity index (χ0) is 21.7. The number of aromatic carboxylic acids is 2. The van der Waals surface area contributed by atoms with Crippen LogP contribution in [0.15, 0.2) is 80.2 Å². The summed E-state index contributed by atoms with van der Waals surface area (Å²) >= 11 is 2.28. The van der Waals surface area contributed by atoms with Gasteiger partial charge in [-0.3, -0.25) is 0 Å². The summed E-state index contributed by atoms with van der Waals surface area (Å²) in [4.78, 5) is 25.1. The van der Waals surface area contributed by atoms with Gasteiger partial charge in [-0.1, -0.05) is 47.8 Å². The van der Waals surface area contributed by atoms with Gasteiger partial charge >= 0.3 is 11.9 Å². The first kappa shape index (κ1) is 21.0. The number of carbonyl (C=O) groups is 2. The number of nitrogens with zero attached hydrogens (tertiary/aromatic N) is 2. The van der Waals surface area contributed by atoms with Crippen molar-refractivity contribution in [2.24, 2.45) is 0 Å². The molecule has 0 aliphatic carbocycles. The van der Waals surface area contributed by atoms with Crippen molar-refractivity contribution in [2.75, 3.05) is 0 Å². The summed E-state index contributed by atoms with van der Waals surface area (Å²) in [6, 6.07) is 19.9. The Balaban J connectivity index is 2.14. The molecule has 0 unspecified atom stereocenters. The van der Waals surface area contributed by atoms with Crippen LogP contribution in [0.5, 0.6) is 0 Å². The van der Waals surface area contributed by atoms with E-state index in [0.29, 0.717) is 19.6 Å². The molecule has 0 saturated heterocycles. The van der Waals surface area contributed by atoms with E-state index in [9.17, 15) is 30.3 Å². The van der Waals surface area contributed by atoms with Gasteiger partial charge in [-0.15, -0.1) is 0 Å². The maximum atomic E-state index is 11.6. The average Bonchev–Trinajstić information content (AvgIpc) is 2.75. The second kappa shape index (κ2) is 9.19. The van der Waals surface area contributed by atoms with E-state index >= 15 is 0 Å². The molecule has 2 N–H and O–H groups in total. The van der Waals surface area contributed by atoms with E-state index in [1.54, 1.807) is 36.4 Å². The molecule has 30 heavy (non-hydrogen) atoms. The van der Waals surface area contributed by atoms with Crippen LogP contribution in [0.3, 0.4) is 0 Å². The van der Waals surface area contributed by atoms with Gasteiger partial charge in [-0.25, -0.2) is 9.59 Å². The molecule has 0 atom stereocenters. The fourth-order valence-electron chi connectivity index (χ4n) is 2.61. The van der Waals surface area contributed by atoms with E-state index in [4.69, 9.17) is 0 Å². The lowest BCUT2D eigenvalue weighted by Gasteiger charge is -2.13. The highest BCUT2D eigenvalue weighted by Gasteiger charge is 2.18. The first-order valence-electron chi connectivity index (χ1n) is 8.43. The summed E-state index contributed by atoms with van der Waals surface area (Å²) in [6.45, 7) is 0. The van der Waals surface area contributed by atoms with Crippen LogP contribution < -0.4 is 0 Å². The van der Waals surface area contributed by atoms with Crippen molar-refractivity contribution in [1.29, 1.82) is 10.5 Å². The molecule has 6 nitrogen and oxygen atoms in total. The topological polar surface area (TPSA) is 122 Å². The zero-order valence-electron chi connectivity index (χ0n) is 15.2. The Bertz CT molecular complexity index is 1150. The number of rotatable bonds is 6. The van der Waals surface area contributed by atoms with Crippen molar-refractivity contribution in [1.82, 2.24) is 0 Å². The molecule has 8 heteroatoms. The molecule has 0 radical (unpaired) electrons. The molecular weight excluding hydrogens is 420 g/mol. The van der Waals surface area contributed by atoms with Crippen LogP contribution in [-0.2, 0) is 0 Å². The van der Waals surface area contributed by atoms with Gasteiger partial charge in [0.2, 0.25) is 0 Å². The van der Waals surface area contributed by atoms with E-state index in [-0.39, 0.29) is 22.3 Å². The SMILES string of the molecule is N#Cc1cc(Sc2ccccc2C(=O)O)c(Sc2ccccc2C(=O)O)cc1C#N. The van der Waals surface area contributed by atoms with Crippen LogP contribution in [0.25, 0.3) is 0 Å². The highest BCUT2D eigenvalue weighted by molar-refractivity contribution is 8.02. The Morgan fingerprint density at radius 1 is 0.667 bits per heavy atom. The molecule has 0 aliphatic rings. The maximum absolute atomic E-state index is 11.6. The van der Waals surface area contributed by atoms with Crippen molar-refractivity contribution in [3.05, 3.63) is 82.9 Å². The molecule has 3 aromatic carbocycles. The Hall–Kier alpha value is -3.72. The van der Waals surface area contributed by atoms with Crippen molar-refractivity contribution in [3.63, 3.8) is 0 Å². The van der Waals surface area contributed by atoms with Gasteiger partial charge in [0.25, 0.3) is 0 Å². The van der Waals surface area contributed by atoms with Crippen molar-refractivity contribution in [3.8, 4) is 12.1 Å². The molecule has 0 aromatic heterocycles. The summed E-state index contributed by atoms with van der Waals surface area (Å²) in [6.07, 6.45) is 0. The molecule has 3 aromatic rings. The summed E-state index contributed by atoms with van der Waals surface area (Å²) in [7, 11) is 0. The van der Waals surface area contributed by atoms with E-state index in [2.05, 4.69) is 0 Å². The van der Waals surface area contributed by atoms with Gasteiger partial charge < -0.3 is 10.2 Å². The highest BCUT2D eigenvalue weighted by Crippen LogP contribution is 2.42. The third-order valence-electron chi connectivity index (χ3n) is 4.00. The van der Waals surface area contributed by atoms with Crippen LogP contribution in [0.1, 0.15) is 31.8 Å². The molecule has 3 rings (SSSR count). The normalized spacial score (nSPS) is 10.1. The van der Waals surface area contributed by atoms with Gasteiger partial charge in [0.05, 0.1) is 22.3 Å². The number of carboxylic acid groups (broad SMARTS) is 2. The third-order valence-corrected chi connectivity index (χ3v) is 6.40. The smallest absolute Gasteiger partial charge is 0.336 e. The quantitative estimate of drug-likeness (QED) is 0.550. The Labute approximate surface area is 180 Å². The monoisotopic (exact) mass is 432 g/mol. The van der Waals surface area contributed by atoms with Crippen molar-refractivity contribution >= 4 is 35.5 Å². The predicted molar refractivity (Wildman–Crippen MR) is 111 cm³/mol. The van der Waals surface area contributed by atoms with Gasteiger partial charge in [0, 0.05) is 19.6 Å². The summed E-state index contributed by atoms with van der Waals surface area (Å²) in [5, 5.41) is 37.7. The zero-order valence-corrected chi connectivity index (χ0v) is 16.8. The first-order chi connectivity index (χ1) is 14.4. The van der Waals surface area contributed by atoms with Gasteiger partial charge in [-0.05, 0) is 36.4 Å². The van der Waals surface area contributed by atoms with E-state index in [0.717, 1.165) is 23.5 Å². The molecule has 0 fully saturated rings. The van der Waals surface area contributed by atoms with Gasteiger partial charge in [0.15, 0.2) is 0 Å². The second-order valence-corrected chi connectivity index (χ2v) is 8.04. The average molecular weight is 432 g/mol. The Morgan fingerprint density at radius 3 is 1.37 bits per heavy atom. The van der Waals surface area contributed by atoms with E-state index in [1.807, 2.05) is 12.1 Å². The van der Waals surface area contributed by atoms with Crippen LogP contribution in [0, 0.1) is 22.7 Å². The van der Waals surface area contributed by atoms with E-state index < -0.39 is 11.9 Å². The molecule has 0 bridgehead atoms. The summed E-state index contributed by atoms with van der Waals surface area (Å²) < 4.78 is 0. The maximum Gasteiger partial charge on any atom is 0.336 e. The Kier molecular flexibility index (Phi) is 6.43. The lowest BCUT2D eigenvalue weighted by atomic mass is 10.1. The number of hydrogen-bond acceptors (Lipinski definition) is 6. The summed E-state index contributed by atoms with van der Waals surface area (Å²) in [5.41, 5.74) is 0.520. The fourth-order valence-corrected chi connectivity index (χ4v) is 4.83. The summed E-state index contributed by atoms with van der Waals surface area (Å²) in [5.74, 6) is -2.17. The minimum Gasteiger partial charge on any atom is -0.478 e. The van der Waals surface area contributed by atoms with Crippen LogP contribution >= 0.6 is 23.5 Å². The molecule has 0 aliphatic heterocycles. The Morgan fingerprint density at radius 2 is 1.03 bits per heavy atom. The lowest BCUT2D eigenvalue weighted by molar-refractivity contribution is 0.0682. The van der Waals surface area contributed by atoms with Crippen LogP contribution in [0.4, 0.5) is 0 Å². The minimum absolute atomic E-state index is 0.104.